The lowest BCUT2D eigenvalue weighted by Gasteiger charge is -2.08. The van der Waals surface area contributed by atoms with Crippen molar-refractivity contribution in [1.82, 2.24) is 14.9 Å². The van der Waals surface area contributed by atoms with E-state index in [9.17, 15) is 0 Å². The van der Waals surface area contributed by atoms with Crippen LogP contribution in [0.15, 0.2) is 18.3 Å². The normalized spacial score (nSPS) is 10.8. The minimum Gasteiger partial charge on any atom is -0.345 e. The summed E-state index contributed by atoms with van der Waals surface area (Å²) >= 11 is 0. The predicted octanol–water partition coefficient (Wildman–Crippen LogP) is 1.50. The van der Waals surface area contributed by atoms with Crippen molar-refractivity contribution in [2.75, 3.05) is 14.1 Å². The molecule has 15 heavy (non-hydrogen) atoms. The van der Waals surface area contributed by atoms with Crippen molar-refractivity contribution in [3.8, 4) is 6.07 Å². The molecular formula is C11H12N4. The van der Waals surface area contributed by atoms with Crippen LogP contribution in [-0.2, 0) is 6.54 Å². The Labute approximate surface area is 88.2 Å². The lowest BCUT2D eigenvalue weighted by atomic mass is 10.2. The average Bonchev–Trinajstić information content (AvgIpc) is 2.58. The van der Waals surface area contributed by atoms with E-state index in [0.29, 0.717) is 5.56 Å². The van der Waals surface area contributed by atoms with Crippen molar-refractivity contribution >= 4 is 11.0 Å². The van der Waals surface area contributed by atoms with Crippen LogP contribution in [0.25, 0.3) is 11.0 Å². The van der Waals surface area contributed by atoms with E-state index in [1.807, 2.05) is 26.2 Å². The molecule has 0 aliphatic carbocycles. The van der Waals surface area contributed by atoms with E-state index >= 15 is 0 Å². The molecule has 0 saturated heterocycles. The molecule has 76 valence electrons. The number of hydrogen-bond donors (Lipinski definition) is 1. The van der Waals surface area contributed by atoms with Crippen molar-refractivity contribution in [2.24, 2.45) is 0 Å². The van der Waals surface area contributed by atoms with E-state index in [2.05, 4.69) is 20.9 Å². The Balaban J connectivity index is 2.45. The zero-order valence-corrected chi connectivity index (χ0v) is 8.78. The molecule has 0 amide bonds. The van der Waals surface area contributed by atoms with Crippen molar-refractivity contribution in [1.29, 1.82) is 5.26 Å². The van der Waals surface area contributed by atoms with Crippen LogP contribution in [0.4, 0.5) is 0 Å². The first-order valence-corrected chi connectivity index (χ1v) is 4.72. The van der Waals surface area contributed by atoms with Crippen LogP contribution in [-0.4, -0.2) is 29.0 Å². The van der Waals surface area contributed by atoms with Gasteiger partial charge in [-0.3, -0.25) is 0 Å². The minimum atomic E-state index is 0.647. The van der Waals surface area contributed by atoms with Crippen LogP contribution in [0.3, 0.4) is 0 Å². The van der Waals surface area contributed by atoms with E-state index in [1.54, 1.807) is 6.20 Å². The molecule has 2 rings (SSSR count). The molecule has 2 aromatic heterocycles. The van der Waals surface area contributed by atoms with E-state index in [1.165, 1.54) is 0 Å². The van der Waals surface area contributed by atoms with Gasteiger partial charge in [-0.1, -0.05) is 0 Å². The Bertz CT molecular complexity index is 519. The third-order valence-electron chi connectivity index (χ3n) is 2.19. The monoisotopic (exact) mass is 200 g/mol. The van der Waals surface area contributed by atoms with Crippen molar-refractivity contribution < 1.29 is 0 Å². The Morgan fingerprint density at radius 1 is 1.47 bits per heavy atom. The minimum absolute atomic E-state index is 0.647. The van der Waals surface area contributed by atoms with Gasteiger partial charge in [-0.05, 0) is 26.2 Å². The van der Waals surface area contributed by atoms with E-state index in [0.717, 1.165) is 23.3 Å². The maximum absolute atomic E-state index is 8.83. The van der Waals surface area contributed by atoms with Gasteiger partial charge in [0.1, 0.15) is 11.7 Å². The first-order chi connectivity index (χ1) is 7.20. The second-order valence-electron chi connectivity index (χ2n) is 3.75. The molecule has 1 N–H and O–H groups in total. The molecule has 4 heteroatoms. The molecule has 0 aliphatic rings. The lowest BCUT2D eigenvalue weighted by Crippen LogP contribution is -2.11. The molecule has 2 heterocycles. The average molecular weight is 200 g/mol. The van der Waals surface area contributed by atoms with Crippen LogP contribution in [0, 0.1) is 11.3 Å². The Kier molecular flexibility index (Phi) is 2.40. The van der Waals surface area contributed by atoms with Crippen LogP contribution in [0.5, 0.6) is 0 Å². The largest absolute Gasteiger partial charge is 0.345 e. The van der Waals surface area contributed by atoms with Gasteiger partial charge in [0.25, 0.3) is 0 Å². The SMILES string of the molecule is CN(C)Cc1ccc2c(C#N)c[nH]c2n1. The highest BCUT2D eigenvalue weighted by atomic mass is 15.1. The van der Waals surface area contributed by atoms with Crippen LogP contribution in [0.1, 0.15) is 11.3 Å². The molecular weight excluding hydrogens is 188 g/mol. The van der Waals surface area contributed by atoms with Crippen molar-refractivity contribution in [3.05, 3.63) is 29.6 Å². The van der Waals surface area contributed by atoms with Gasteiger partial charge in [-0.15, -0.1) is 0 Å². The summed E-state index contributed by atoms with van der Waals surface area (Å²) in [4.78, 5) is 9.49. The zero-order chi connectivity index (χ0) is 10.8. The number of nitrogens with zero attached hydrogens (tertiary/aromatic N) is 3. The lowest BCUT2D eigenvalue weighted by molar-refractivity contribution is 0.397. The fourth-order valence-corrected chi connectivity index (χ4v) is 1.55. The summed E-state index contributed by atoms with van der Waals surface area (Å²) in [6.45, 7) is 0.802. The Morgan fingerprint density at radius 2 is 2.27 bits per heavy atom. The van der Waals surface area contributed by atoms with Gasteiger partial charge >= 0.3 is 0 Å². The Morgan fingerprint density at radius 3 is 2.93 bits per heavy atom. The number of H-pyrrole nitrogens is 1. The molecule has 0 fully saturated rings. The fourth-order valence-electron chi connectivity index (χ4n) is 1.55. The second-order valence-corrected chi connectivity index (χ2v) is 3.75. The number of nitrogens with one attached hydrogen (secondary N) is 1. The molecule has 0 atom stereocenters. The van der Waals surface area contributed by atoms with Gasteiger partial charge in [0.05, 0.1) is 11.3 Å². The highest BCUT2D eigenvalue weighted by Gasteiger charge is 2.05. The summed E-state index contributed by atoms with van der Waals surface area (Å²) in [6, 6.07) is 6.02. The summed E-state index contributed by atoms with van der Waals surface area (Å²) < 4.78 is 0. The van der Waals surface area contributed by atoms with Crippen LogP contribution in [0.2, 0.25) is 0 Å². The standard InChI is InChI=1S/C11H12N4/c1-15(2)7-9-3-4-10-8(5-12)6-13-11(10)14-9/h3-4,6H,7H2,1-2H3,(H,13,14). The molecule has 0 aliphatic heterocycles. The number of aromatic amines is 1. The summed E-state index contributed by atoms with van der Waals surface area (Å²) in [5, 5.41) is 9.72. The molecule has 0 bridgehead atoms. The first kappa shape index (κ1) is 9.69. The topological polar surface area (TPSA) is 55.7 Å². The number of nitriles is 1. The molecule has 0 aromatic carbocycles. The van der Waals surface area contributed by atoms with Crippen molar-refractivity contribution in [3.63, 3.8) is 0 Å². The molecule has 2 aromatic rings. The molecule has 4 nitrogen and oxygen atoms in total. The molecule has 0 saturated carbocycles. The van der Waals surface area contributed by atoms with Gasteiger partial charge in [0, 0.05) is 18.1 Å². The summed E-state index contributed by atoms with van der Waals surface area (Å²) in [7, 11) is 4.00. The summed E-state index contributed by atoms with van der Waals surface area (Å²) in [6.07, 6.45) is 1.69. The van der Waals surface area contributed by atoms with Gasteiger partial charge in [-0.2, -0.15) is 5.26 Å². The Hall–Kier alpha value is -1.86. The zero-order valence-electron chi connectivity index (χ0n) is 8.78. The first-order valence-electron chi connectivity index (χ1n) is 4.72. The summed E-state index contributed by atoms with van der Waals surface area (Å²) in [5.41, 5.74) is 2.43. The number of fused-ring (bicyclic) bond motifs is 1. The smallest absolute Gasteiger partial charge is 0.138 e. The molecule has 0 unspecified atom stereocenters. The highest BCUT2D eigenvalue weighted by Crippen LogP contribution is 2.16. The fraction of sp³-hybridized carbons (Fsp3) is 0.273. The van der Waals surface area contributed by atoms with Crippen molar-refractivity contribution in [2.45, 2.75) is 6.54 Å². The van der Waals surface area contributed by atoms with Crippen LogP contribution < -0.4 is 0 Å². The number of aromatic nitrogens is 2. The van der Waals surface area contributed by atoms with Gasteiger partial charge < -0.3 is 9.88 Å². The predicted molar refractivity (Wildman–Crippen MR) is 58.2 cm³/mol. The third kappa shape index (κ3) is 1.83. The maximum Gasteiger partial charge on any atom is 0.138 e. The number of hydrogen-bond acceptors (Lipinski definition) is 3. The quantitative estimate of drug-likeness (QED) is 0.799. The number of pyridine rings is 1. The maximum atomic E-state index is 8.83. The third-order valence-corrected chi connectivity index (χ3v) is 2.19. The summed E-state index contributed by atoms with van der Waals surface area (Å²) in [5.74, 6) is 0. The second kappa shape index (κ2) is 3.71. The van der Waals surface area contributed by atoms with Gasteiger partial charge in [0.15, 0.2) is 0 Å². The van der Waals surface area contributed by atoms with E-state index < -0.39 is 0 Å². The van der Waals surface area contributed by atoms with E-state index in [-0.39, 0.29) is 0 Å². The van der Waals surface area contributed by atoms with Gasteiger partial charge in [0.2, 0.25) is 0 Å². The van der Waals surface area contributed by atoms with E-state index in [4.69, 9.17) is 5.26 Å². The highest BCUT2D eigenvalue weighted by molar-refractivity contribution is 5.82. The van der Waals surface area contributed by atoms with Gasteiger partial charge in [-0.25, -0.2) is 4.98 Å². The van der Waals surface area contributed by atoms with Crippen LogP contribution >= 0.6 is 0 Å². The number of rotatable bonds is 2. The molecule has 0 radical (unpaired) electrons. The molecule has 0 spiro atoms.